The first-order valence-electron chi connectivity index (χ1n) is 7.65. The standard InChI is InChI=1S/C15H26N4S2.HI/c1-3-16-15(17-7-5-12-20-2)19-10-8-18(9-11-19)14-6-4-13-21-14;/h4,6,13H,3,5,7-12H2,1-2H3,(H,16,17);1H. The molecule has 1 aliphatic rings. The van der Waals surface area contributed by atoms with E-state index in [4.69, 9.17) is 4.99 Å². The van der Waals surface area contributed by atoms with Crippen LogP contribution in [-0.2, 0) is 0 Å². The lowest BCUT2D eigenvalue weighted by atomic mass is 10.3. The minimum atomic E-state index is 0. The van der Waals surface area contributed by atoms with E-state index in [1.165, 1.54) is 10.8 Å². The molecule has 126 valence electrons. The molecule has 0 aliphatic carbocycles. The Labute approximate surface area is 159 Å². The minimum absolute atomic E-state index is 0. The number of thiophene rings is 1. The third-order valence-corrected chi connectivity index (χ3v) is 5.13. The fourth-order valence-electron chi connectivity index (χ4n) is 2.41. The predicted molar refractivity (Wildman–Crippen MR) is 112 cm³/mol. The third-order valence-electron chi connectivity index (χ3n) is 3.50. The van der Waals surface area contributed by atoms with Gasteiger partial charge in [-0.3, -0.25) is 4.99 Å². The van der Waals surface area contributed by atoms with E-state index in [0.29, 0.717) is 0 Å². The van der Waals surface area contributed by atoms with Crippen LogP contribution in [0.15, 0.2) is 22.5 Å². The maximum Gasteiger partial charge on any atom is 0.194 e. The van der Waals surface area contributed by atoms with Crippen molar-refractivity contribution in [3.8, 4) is 0 Å². The van der Waals surface area contributed by atoms with Gasteiger partial charge < -0.3 is 15.1 Å². The van der Waals surface area contributed by atoms with Crippen LogP contribution in [0.3, 0.4) is 0 Å². The number of guanidine groups is 1. The molecule has 2 heterocycles. The van der Waals surface area contributed by atoms with Crippen LogP contribution in [-0.4, -0.2) is 62.1 Å². The zero-order valence-corrected chi connectivity index (χ0v) is 17.4. The van der Waals surface area contributed by atoms with Crippen LogP contribution < -0.4 is 10.2 Å². The van der Waals surface area contributed by atoms with Crippen LogP contribution >= 0.6 is 47.1 Å². The predicted octanol–water partition coefficient (Wildman–Crippen LogP) is 3.21. The van der Waals surface area contributed by atoms with Gasteiger partial charge >= 0.3 is 0 Å². The van der Waals surface area contributed by atoms with E-state index < -0.39 is 0 Å². The molecule has 0 bridgehead atoms. The van der Waals surface area contributed by atoms with Gasteiger partial charge in [-0.15, -0.1) is 35.3 Å². The number of piperazine rings is 1. The molecule has 1 aromatic rings. The molecule has 0 radical (unpaired) electrons. The lowest BCUT2D eigenvalue weighted by Crippen LogP contribution is -2.52. The quantitative estimate of drug-likeness (QED) is 0.310. The van der Waals surface area contributed by atoms with Gasteiger partial charge in [-0.2, -0.15) is 11.8 Å². The van der Waals surface area contributed by atoms with Crippen LogP contribution in [0.2, 0.25) is 0 Å². The van der Waals surface area contributed by atoms with Crippen molar-refractivity contribution in [2.45, 2.75) is 13.3 Å². The summed E-state index contributed by atoms with van der Waals surface area (Å²) in [7, 11) is 0. The normalized spacial score (nSPS) is 15.6. The maximum atomic E-state index is 4.76. The first kappa shape index (κ1) is 19.9. The monoisotopic (exact) mass is 454 g/mol. The zero-order chi connectivity index (χ0) is 14.9. The van der Waals surface area contributed by atoms with E-state index in [1.54, 1.807) is 0 Å². The highest BCUT2D eigenvalue weighted by Gasteiger charge is 2.19. The lowest BCUT2D eigenvalue weighted by molar-refractivity contribution is 0.373. The highest BCUT2D eigenvalue weighted by Crippen LogP contribution is 2.22. The summed E-state index contributed by atoms with van der Waals surface area (Å²) in [5.41, 5.74) is 0. The highest BCUT2D eigenvalue weighted by molar-refractivity contribution is 14.0. The number of anilines is 1. The molecule has 1 N–H and O–H groups in total. The number of rotatable bonds is 6. The van der Waals surface area contributed by atoms with Crippen LogP contribution in [0.25, 0.3) is 0 Å². The van der Waals surface area contributed by atoms with Gasteiger partial charge in [0.1, 0.15) is 0 Å². The van der Waals surface area contributed by atoms with Crippen molar-refractivity contribution in [1.82, 2.24) is 10.2 Å². The van der Waals surface area contributed by atoms with Crippen molar-refractivity contribution in [3.63, 3.8) is 0 Å². The molecule has 2 rings (SSSR count). The topological polar surface area (TPSA) is 30.9 Å². The Morgan fingerprint density at radius 2 is 2.14 bits per heavy atom. The summed E-state index contributed by atoms with van der Waals surface area (Å²) in [6, 6.07) is 4.34. The van der Waals surface area contributed by atoms with E-state index in [2.05, 4.69) is 45.8 Å². The first-order valence-corrected chi connectivity index (χ1v) is 9.93. The average molecular weight is 454 g/mol. The fraction of sp³-hybridized carbons (Fsp3) is 0.667. The fourth-order valence-corrected chi connectivity index (χ4v) is 3.61. The van der Waals surface area contributed by atoms with Crippen LogP contribution in [0.4, 0.5) is 5.00 Å². The van der Waals surface area contributed by atoms with E-state index in [1.807, 2.05) is 23.1 Å². The molecular formula is C15H27IN4S2. The second-order valence-corrected chi connectivity index (χ2v) is 6.92. The molecule has 0 spiro atoms. The van der Waals surface area contributed by atoms with Crippen molar-refractivity contribution in [3.05, 3.63) is 17.5 Å². The number of thioether (sulfide) groups is 1. The van der Waals surface area contributed by atoms with Crippen LogP contribution in [0.1, 0.15) is 13.3 Å². The van der Waals surface area contributed by atoms with Gasteiger partial charge in [0, 0.05) is 39.3 Å². The molecule has 22 heavy (non-hydrogen) atoms. The Kier molecular flexibility index (Phi) is 10.3. The number of aliphatic imine (C=N–C) groups is 1. The van der Waals surface area contributed by atoms with Crippen LogP contribution in [0, 0.1) is 0 Å². The molecule has 0 aromatic carbocycles. The molecule has 0 amide bonds. The van der Waals surface area contributed by atoms with Gasteiger partial charge in [0.2, 0.25) is 0 Å². The Hall–Kier alpha value is -0.150. The number of halogens is 1. The van der Waals surface area contributed by atoms with Gasteiger partial charge in [0.15, 0.2) is 5.96 Å². The van der Waals surface area contributed by atoms with Gasteiger partial charge in [-0.05, 0) is 42.9 Å². The van der Waals surface area contributed by atoms with E-state index >= 15 is 0 Å². The van der Waals surface area contributed by atoms with Crippen molar-refractivity contribution < 1.29 is 0 Å². The summed E-state index contributed by atoms with van der Waals surface area (Å²) in [4.78, 5) is 9.63. The van der Waals surface area contributed by atoms with Crippen molar-refractivity contribution >= 4 is 58.0 Å². The molecule has 4 nitrogen and oxygen atoms in total. The number of nitrogens with zero attached hydrogens (tertiary/aromatic N) is 3. The summed E-state index contributed by atoms with van der Waals surface area (Å²) < 4.78 is 0. The molecular weight excluding hydrogens is 427 g/mol. The Bertz CT molecular complexity index is 417. The number of hydrogen-bond acceptors (Lipinski definition) is 4. The van der Waals surface area contributed by atoms with Crippen molar-refractivity contribution in [2.75, 3.05) is 56.2 Å². The van der Waals surface area contributed by atoms with Gasteiger partial charge in [-0.25, -0.2) is 0 Å². The maximum absolute atomic E-state index is 4.76. The summed E-state index contributed by atoms with van der Waals surface area (Å²) in [5, 5.41) is 6.97. The minimum Gasteiger partial charge on any atom is -0.360 e. The molecule has 7 heteroatoms. The van der Waals surface area contributed by atoms with Gasteiger partial charge in [0.05, 0.1) is 5.00 Å². The van der Waals surface area contributed by atoms with E-state index in [-0.39, 0.29) is 24.0 Å². The smallest absolute Gasteiger partial charge is 0.194 e. The SMILES string of the molecule is CCNC(=NCCCSC)N1CCN(c2cccs2)CC1.I. The average Bonchev–Trinajstić information content (AvgIpc) is 3.05. The molecule has 0 unspecified atom stereocenters. The number of hydrogen-bond donors (Lipinski definition) is 1. The summed E-state index contributed by atoms with van der Waals surface area (Å²) in [6.07, 6.45) is 3.31. The summed E-state index contributed by atoms with van der Waals surface area (Å²) in [5.74, 6) is 2.28. The highest BCUT2D eigenvalue weighted by atomic mass is 127. The summed E-state index contributed by atoms with van der Waals surface area (Å²) >= 11 is 3.72. The third kappa shape index (κ3) is 6.16. The Morgan fingerprint density at radius 3 is 2.73 bits per heavy atom. The van der Waals surface area contributed by atoms with Gasteiger partial charge in [-0.1, -0.05) is 0 Å². The molecule has 0 atom stereocenters. The molecule has 0 saturated carbocycles. The largest absolute Gasteiger partial charge is 0.360 e. The molecule has 1 aliphatic heterocycles. The second-order valence-electron chi connectivity index (χ2n) is 5.01. The zero-order valence-electron chi connectivity index (χ0n) is 13.5. The first-order chi connectivity index (χ1) is 10.3. The van der Waals surface area contributed by atoms with Crippen LogP contribution in [0.5, 0.6) is 0 Å². The lowest BCUT2D eigenvalue weighted by Gasteiger charge is -2.37. The molecule has 1 aromatic heterocycles. The molecule has 1 fully saturated rings. The number of nitrogens with one attached hydrogen (secondary N) is 1. The van der Waals surface area contributed by atoms with Gasteiger partial charge in [0.25, 0.3) is 0 Å². The Morgan fingerprint density at radius 1 is 1.36 bits per heavy atom. The van der Waals surface area contributed by atoms with E-state index in [0.717, 1.165) is 51.6 Å². The van der Waals surface area contributed by atoms with E-state index in [9.17, 15) is 0 Å². The Balaban J connectivity index is 0.00000242. The molecule has 1 saturated heterocycles. The summed E-state index contributed by atoms with van der Waals surface area (Å²) in [6.45, 7) is 8.25. The second kappa shape index (κ2) is 11.4. The van der Waals surface area contributed by atoms with Crippen molar-refractivity contribution in [1.29, 1.82) is 0 Å². The van der Waals surface area contributed by atoms with Crippen molar-refractivity contribution in [2.24, 2.45) is 4.99 Å².